The molecule has 9 heteroatoms. The molecule has 8 nitrogen and oxygen atoms in total. The number of nitrogens with zero attached hydrogens (tertiary/aromatic N) is 2. The summed E-state index contributed by atoms with van der Waals surface area (Å²) in [5, 5.41) is 18.9. The lowest BCUT2D eigenvalue weighted by Crippen LogP contribution is -2.32. The zero-order chi connectivity index (χ0) is 28.8. The highest BCUT2D eigenvalue weighted by atomic mass is 79.9. The third-order valence-corrected chi connectivity index (χ3v) is 7.76. The topological polar surface area (TPSA) is 118 Å². The molecule has 1 heterocycles. The van der Waals surface area contributed by atoms with Crippen LogP contribution in [-0.2, 0) is 16.2 Å². The number of hydrogen-bond acceptors (Lipinski definition) is 7. The van der Waals surface area contributed by atoms with Gasteiger partial charge in [-0.3, -0.25) is 9.79 Å². The molecule has 1 aliphatic heterocycles. The molecule has 1 N–H and O–H groups in total. The number of carboxylic acid groups (broad SMARTS) is 1. The summed E-state index contributed by atoms with van der Waals surface area (Å²) in [4.78, 5) is 28.9. The van der Waals surface area contributed by atoms with Crippen LogP contribution in [0, 0.1) is 23.2 Å². The van der Waals surface area contributed by atoms with E-state index in [1.54, 1.807) is 24.3 Å². The first-order valence-electron chi connectivity index (χ1n) is 13.5. The van der Waals surface area contributed by atoms with E-state index in [2.05, 4.69) is 28.9 Å². The smallest absolute Gasteiger partial charge is 0.341 e. The summed E-state index contributed by atoms with van der Waals surface area (Å²) < 4.78 is 18.0. The molecule has 0 saturated carbocycles. The highest BCUT2D eigenvalue weighted by Gasteiger charge is 2.41. The first-order valence-corrected chi connectivity index (χ1v) is 14.3. The number of aliphatic imine (C=N–C) groups is 1. The molecule has 210 valence electrons. The Morgan fingerprint density at radius 2 is 1.90 bits per heavy atom. The van der Waals surface area contributed by atoms with Crippen molar-refractivity contribution < 1.29 is 28.9 Å². The van der Waals surface area contributed by atoms with E-state index in [9.17, 15) is 14.9 Å². The SMILES string of the molecule is CCCC1CC(=O)C2=C(C1)N=C(C)C(C#N)C2c1cc(Br)c(OCc2ccc(OCC(=O)O)cc2)c(OCC)c1. The fraction of sp³-hybridized carbons (Fsp3) is 0.419. The van der Waals surface area contributed by atoms with Gasteiger partial charge < -0.3 is 19.3 Å². The number of halogens is 1. The van der Waals surface area contributed by atoms with Gasteiger partial charge in [-0.05, 0) is 83.9 Å². The Kier molecular flexibility index (Phi) is 9.64. The van der Waals surface area contributed by atoms with E-state index >= 15 is 0 Å². The molecule has 0 saturated heterocycles. The lowest BCUT2D eigenvalue weighted by molar-refractivity contribution is -0.139. The quantitative estimate of drug-likeness (QED) is 0.304. The Hall–Kier alpha value is -3.64. The van der Waals surface area contributed by atoms with E-state index in [0.717, 1.165) is 41.8 Å². The van der Waals surface area contributed by atoms with Crippen LogP contribution in [0.5, 0.6) is 17.2 Å². The summed E-state index contributed by atoms with van der Waals surface area (Å²) in [5.41, 5.74) is 3.85. The summed E-state index contributed by atoms with van der Waals surface area (Å²) in [5.74, 6) is -0.189. The number of carbonyl (C=O) groups excluding carboxylic acids is 1. The molecule has 0 amide bonds. The van der Waals surface area contributed by atoms with E-state index in [4.69, 9.17) is 24.3 Å². The number of Topliss-reactive ketones (excluding diaryl/α,β-unsaturated/α-hetero) is 1. The zero-order valence-corrected chi connectivity index (χ0v) is 24.5. The molecule has 0 fully saturated rings. The maximum Gasteiger partial charge on any atom is 0.341 e. The predicted octanol–water partition coefficient (Wildman–Crippen LogP) is 6.62. The minimum atomic E-state index is -1.04. The molecule has 0 bridgehead atoms. The molecule has 40 heavy (non-hydrogen) atoms. The maximum absolute atomic E-state index is 13.4. The largest absolute Gasteiger partial charge is 0.490 e. The van der Waals surface area contributed by atoms with Crippen LogP contribution in [-0.4, -0.2) is 35.8 Å². The predicted molar refractivity (Wildman–Crippen MR) is 154 cm³/mol. The molecule has 0 aromatic heterocycles. The number of hydrogen-bond donors (Lipinski definition) is 1. The van der Waals surface area contributed by atoms with Crippen molar-refractivity contribution in [3.63, 3.8) is 0 Å². The van der Waals surface area contributed by atoms with E-state index in [1.807, 2.05) is 26.0 Å². The minimum absolute atomic E-state index is 0.0754. The fourth-order valence-corrected chi connectivity index (χ4v) is 6.00. The third kappa shape index (κ3) is 6.56. The van der Waals surface area contributed by atoms with Crippen LogP contribution in [0.4, 0.5) is 0 Å². The number of carboxylic acids is 1. The van der Waals surface area contributed by atoms with Gasteiger partial charge in [-0.1, -0.05) is 25.5 Å². The molecule has 0 spiro atoms. The van der Waals surface area contributed by atoms with Gasteiger partial charge in [-0.2, -0.15) is 5.26 Å². The summed E-state index contributed by atoms with van der Waals surface area (Å²) in [7, 11) is 0. The van der Waals surface area contributed by atoms with Crippen molar-refractivity contribution in [2.45, 2.75) is 59.0 Å². The fourth-order valence-electron chi connectivity index (χ4n) is 5.43. The summed E-state index contributed by atoms with van der Waals surface area (Å²) in [6, 6.07) is 13.2. The average Bonchev–Trinajstić information content (AvgIpc) is 2.91. The van der Waals surface area contributed by atoms with Crippen molar-refractivity contribution in [3.05, 3.63) is 63.3 Å². The number of ether oxygens (including phenoxy) is 3. The lowest BCUT2D eigenvalue weighted by Gasteiger charge is -2.35. The van der Waals surface area contributed by atoms with Crippen molar-refractivity contribution in [1.29, 1.82) is 5.26 Å². The molecule has 3 atom stereocenters. The van der Waals surface area contributed by atoms with Crippen LogP contribution in [0.1, 0.15) is 63.5 Å². The number of aliphatic carboxylic acids is 1. The van der Waals surface area contributed by atoms with Crippen LogP contribution in [0.25, 0.3) is 0 Å². The molecule has 1 aliphatic carbocycles. The molecule has 3 unspecified atom stereocenters. The van der Waals surface area contributed by atoms with Gasteiger partial charge in [0, 0.05) is 29.3 Å². The molecule has 4 rings (SSSR count). The molecular weight excluding hydrogens is 576 g/mol. The van der Waals surface area contributed by atoms with Gasteiger partial charge >= 0.3 is 5.97 Å². The summed E-state index contributed by atoms with van der Waals surface area (Å²) in [6.07, 6.45) is 3.23. The normalized spacial score (nSPS) is 20.3. The zero-order valence-electron chi connectivity index (χ0n) is 22.9. The highest BCUT2D eigenvalue weighted by molar-refractivity contribution is 9.10. The van der Waals surface area contributed by atoms with Crippen molar-refractivity contribution in [2.75, 3.05) is 13.2 Å². The number of ketones is 1. The molecule has 2 aromatic carbocycles. The lowest BCUT2D eigenvalue weighted by atomic mass is 9.70. The van der Waals surface area contributed by atoms with Gasteiger partial charge in [0.1, 0.15) is 12.4 Å². The van der Waals surface area contributed by atoms with Crippen molar-refractivity contribution >= 4 is 33.4 Å². The van der Waals surface area contributed by atoms with Gasteiger partial charge in [0.05, 0.1) is 23.1 Å². The van der Waals surface area contributed by atoms with Crippen molar-refractivity contribution in [2.24, 2.45) is 16.8 Å². The molecule has 2 aliphatic rings. The second-order valence-corrected chi connectivity index (χ2v) is 10.9. The highest BCUT2D eigenvalue weighted by Crippen LogP contribution is 2.48. The standard InChI is InChI=1S/C31H33BrN2O6/c1-4-6-20-11-25-30(26(35)12-20)29(23(15-33)18(3)34-25)21-13-24(32)31(27(14-21)38-5-2)40-16-19-7-9-22(10-8-19)39-17-28(36)37/h7-10,13-14,20,23,29H,4-6,11-12,16-17H2,1-3H3,(H,36,37). The van der Waals surface area contributed by atoms with Crippen LogP contribution in [0.2, 0.25) is 0 Å². The Labute approximate surface area is 242 Å². The third-order valence-electron chi connectivity index (χ3n) is 7.17. The Balaban J connectivity index is 1.63. The van der Waals surface area contributed by atoms with Crippen LogP contribution < -0.4 is 14.2 Å². The number of carbonyl (C=O) groups is 2. The maximum atomic E-state index is 13.4. The van der Waals surface area contributed by atoms with Crippen molar-refractivity contribution in [1.82, 2.24) is 0 Å². The van der Waals surface area contributed by atoms with Crippen molar-refractivity contribution in [3.8, 4) is 23.3 Å². The van der Waals surface area contributed by atoms with E-state index < -0.39 is 24.4 Å². The van der Waals surface area contributed by atoms with Gasteiger partial charge in [0.2, 0.25) is 0 Å². The first kappa shape index (κ1) is 29.3. The van der Waals surface area contributed by atoms with Gasteiger partial charge in [-0.25, -0.2) is 4.79 Å². The molecular formula is C31H33BrN2O6. The minimum Gasteiger partial charge on any atom is -0.490 e. The Morgan fingerprint density at radius 1 is 1.15 bits per heavy atom. The molecule has 0 radical (unpaired) electrons. The average molecular weight is 610 g/mol. The number of rotatable bonds is 11. The van der Waals surface area contributed by atoms with Crippen LogP contribution >= 0.6 is 15.9 Å². The van der Waals surface area contributed by atoms with Gasteiger partial charge in [0.25, 0.3) is 0 Å². The Bertz CT molecular complexity index is 1380. The molecule has 2 aromatic rings. The van der Waals surface area contributed by atoms with E-state index in [1.165, 1.54) is 0 Å². The van der Waals surface area contributed by atoms with Crippen LogP contribution in [0.15, 0.2) is 57.1 Å². The Morgan fingerprint density at radius 3 is 2.55 bits per heavy atom. The van der Waals surface area contributed by atoms with E-state index in [-0.39, 0.29) is 18.3 Å². The van der Waals surface area contributed by atoms with Gasteiger partial charge in [-0.15, -0.1) is 0 Å². The van der Waals surface area contributed by atoms with E-state index in [0.29, 0.717) is 40.3 Å². The second kappa shape index (κ2) is 13.1. The van der Waals surface area contributed by atoms with Crippen LogP contribution in [0.3, 0.4) is 0 Å². The number of allylic oxidation sites excluding steroid dienone is 2. The first-order chi connectivity index (χ1) is 19.2. The summed E-state index contributed by atoms with van der Waals surface area (Å²) in [6.45, 7) is 6.11. The monoisotopic (exact) mass is 608 g/mol. The second-order valence-electron chi connectivity index (χ2n) is 10.1. The van der Waals surface area contributed by atoms with Gasteiger partial charge in [0.15, 0.2) is 23.9 Å². The summed E-state index contributed by atoms with van der Waals surface area (Å²) >= 11 is 3.65. The number of nitriles is 1. The number of benzene rings is 2.